The van der Waals surface area contributed by atoms with Gasteiger partial charge in [-0.3, -0.25) is 0 Å². The minimum absolute atomic E-state index is 0.00957. The summed E-state index contributed by atoms with van der Waals surface area (Å²) in [7, 11) is 0. The number of nitriles is 1. The number of hydrogen-bond donors (Lipinski definition) is 2. The van der Waals surface area contributed by atoms with Gasteiger partial charge in [-0.25, -0.2) is 0 Å². The SMILES string of the molecule is CC(C#N)(CO)[C@H]1CC[C@H]2[C@@H]3CC[C@@H]4C[C@](C)(O)CC[C@@H]4[C@H]3CC[C@]12C. The van der Waals surface area contributed by atoms with Crippen molar-refractivity contribution >= 4 is 0 Å². The number of nitrogens with zero attached hydrogens (tertiary/aromatic N) is 1. The molecule has 0 heterocycles. The molecule has 4 saturated carbocycles. The Balaban J connectivity index is 1.56. The van der Waals surface area contributed by atoms with Crippen LogP contribution in [-0.4, -0.2) is 22.4 Å². The molecule has 3 nitrogen and oxygen atoms in total. The van der Waals surface area contributed by atoms with Crippen LogP contribution in [0.5, 0.6) is 0 Å². The summed E-state index contributed by atoms with van der Waals surface area (Å²) in [5.74, 6) is 4.25. The number of fused-ring (bicyclic) bond motifs is 5. The van der Waals surface area contributed by atoms with Gasteiger partial charge in [-0.15, -0.1) is 0 Å². The van der Waals surface area contributed by atoms with Crippen LogP contribution in [0.1, 0.15) is 78.6 Å². The Hall–Kier alpha value is -0.590. The van der Waals surface area contributed by atoms with E-state index in [0.29, 0.717) is 5.92 Å². The van der Waals surface area contributed by atoms with Gasteiger partial charge in [0.15, 0.2) is 0 Å². The van der Waals surface area contributed by atoms with Crippen LogP contribution >= 0.6 is 0 Å². The molecular formula is C23H37NO2. The van der Waals surface area contributed by atoms with E-state index in [4.69, 9.17) is 0 Å². The number of aliphatic hydroxyl groups is 2. The van der Waals surface area contributed by atoms with E-state index in [1.807, 2.05) is 13.8 Å². The zero-order valence-electron chi connectivity index (χ0n) is 16.9. The van der Waals surface area contributed by atoms with Crippen molar-refractivity contribution < 1.29 is 10.2 Å². The third kappa shape index (κ3) is 2.67. The Morgan fingerprint density at radius 1 is 1.00 bits per heavy atom. The second kappa shape index (κ2) is 6.21. The van der Waals surface area contributed by atoms with E-state index >= 15 is 0 Å². The Kier molecular flexibility index (Phi) is 4.48. The van der Waals surface area contributed by atoms with Crippen LogP contribution in [0.15, 0.2) is 0 Å². The highest BCUT2D eigenvalue weighted by molar-refractivity contribution is 5.13. The molecule has 0 aromatic carbocycles. The molecule has 0 radical (unpaired) electrons. The fraction of sp³-hybridized carbons (Fsp3) is 0.957. The van der Waals surface area contributed by atoms with Gasteiger partial charge in [-0.2, -0.15) is 5.26 Å². The molecule has 9 atom stereocenters. The van der Waals surface area contributed by atoms with Crippen molar-refractivity contribution in [3.8, 4) is 6.07 Å². The molecule has 2 N–H and O–H groups in total. The van der Waals surface area contributed by atoms with Crippen molar-refractivity contribution in [1.82, 2.24) is 0 Å². The lowest BCUT2D eigenvalue weighted by atomic mass is 9.47. The molecule has 1 unspecified atom stereocenters. The van der Waals surface area contributed by atoms with E-state index in [2.05, 4.69) is 13.0 Å². The largest absolute Gasteiger partial charge is 0.395 e. The second-order valence-electron chi connectivity index (χ2n) is 11.0. The fourth-order valence-corrected chi connectivity index (χ4v) is 8.35. The molecule has 4 aliphatic carbocycles. The van der Waals surface area contributed by atoms with E-state index in [0.717, 1.165) is 48.9 Å². The van der Waals surface area contributed by atoms with Crippen molar-refractivity contribution in [2.24, 2.45) is 46.3 Å². The summed E-state index contributed by atoms with van der Waals surface area (Å²) >= 11 is 0. The van der Waals surface area contributed by atoms with E-state index < -0.39 is 11.0 Å². The van der Waals surface area contributed by atoms with E-state index in [1.165, 1.54) is 38.5 Å². The number of aliphatic hydroxyl groups excluding tert-OH is 1. The molecule has 3 heteroatoms. The van der Waals surface area contributed by atoms with Crippen molar-refractivity contribution in [2.75, 3.05) is 6.61 Å². The standard InChI is InChI=1S/C23H37NO2/c1-21(13-24,14-25)20-7-6-19-18-5-4-15-12-22(2,26)10-8-16(15)17(18)9-11-23(19,20)3/h15-20,25-26H,4-12,14H2,1-3H3/t15-,16+,17-,18-,19+,20-,21?,22-,23+/m1/s1. The molecule has 4 aliphatic rings. The predicted molar refractivity (Wildman–Crippen MR) is 102 cm³/mol. The van der Waals surface area contributed by atoms with Crippen molar-refractivity contribution in [2.45, 2.75) is 84.2 Å². The highest BCUT2D eigenvalue weighted by Crippen LogP contribution is 2.67. The molecule has 4 fully saturated rings. The smallest absolute Gasteiger partial charge is 0.0809 e. The van der Waals surface area contributed by atoms with Crippen molar-refractivity contribution in [3.05, 3.63) is 0 Å². The summed E-state index contributed by atoms with van der Waals surface area (Å²) in [6.45, 7) is 6.45. The summed E-state index contributed by atoms with van der Waals surface area (Å²) in [4.78, 5) is 0. The van der Waals surface area contributed by atoms with E-state index in [1.54, 1.807) is 0 Å². The summed E-state index contributed by atoms with van der Waals surface area (Å²) in [6, 6.07) is 2.48. The minimum atomic E-state index is -0.586. The summed E-state index contributed by atoms with van der Waals surface area (Å²) in [5.41, 5.74) is -0.802. The van der Waals surface area contributed by atoms with Gasteiger partial charge in [0, 0.05) is 0 Å². The topological polar surface area (TPSA) is 64.2 Å². The molecule has 4 rings (SSSR count). The van der Waals surface area contributed by atoms with Gasteiger partial charge in [0.2, 0.25) is 0 Å². The zero-order chi connectivity index (χ0) is 18.7. The van der Waals surface area contributed by atoms with Gasteiger partial charge >= 0.3 is 0 Å². The van der Waals surface area contributed by atoms with Gasteiger partial charge in [0.1, 0.15) is 0 Å². The quantitative estimate of drug-likeness (QED) is 0.761. The van der Waals surface area contributed by atoms with Crippen LogP contribution in [-0.2, 0) is 0 Å². The second-order valence-corrected chi connectivity index (χ2v) is 11.0. The molecule has 0 aromatic heterocycles. The Bertz CT molecular complexity index is 596. The first-order valence-electron chi connectivity index (χ1n) is 11.0. The normalized spacial score (nSPS) is 52.9. The fourth-order valence-electron chi connectivity index (χ4n) is 8.35. The average molecular weight is 360 g/mol. The zero-order valence-corrected chi connectivity index (χ0v) is 16.9. The molecule has 146 valence electrons. The molecular weight excluding hydrogens is 322 g/mol. The van der Waals surface area contributed by atoms with E-state index in [-0.39, 0.29) is 12.0 Å². The molecule has 0 aromatic rings. The molecule has 0 aliphatic heterocycles. The third-order valence-electron chi connectivity index (χ3n) is 9.59. The van der Waals surface area contributed by atoms with Crippen LogP contribution in [0.25, 0.3) is 0 Å². The Labute approximate surface area is 159 Å². The van der Waals surface area contributed by atoms with Crippen LogP contribution in [0.4, 0.5) is 0 Å². The van der Waals surface area contributed by atoms with Crippen LogP contribution < -0.4 is 0 Å². The first-order chi connectivity index (χ1) is 12.2. The molecule has 26 heavy (non-hydrogen) atoms. The first kappa shape index (κ1) is 18.8. The minimum Gasteiger partial charge on any atom is -0.395 e. The predicted octanol–water partition coefficient (Wildman–Crippen LogP) is 4.53. The summed E-state index contributed by atoms with van der Waals surface area (Å²) in [5, 5.41) is 30.2. The monoisotopic (exact) mass is 359 g/mol. The lowest BCUT2D eigenvalue weighted by molar-refractivity contribution is -0.107. The van der Waals surface area contributed by atoms with Gasteiger partial charge in [-0.05, 0) is 113 Å². The van der Waals surface area contributed by atoms with Crippen LogP contribution in [0, 0.1) is 57.7 Å². The van der Waals surface area contributed by atoms with Crippen LogP contribution in [0.3, 0.4) is 0 Å². The first-order valence-corrected chi connectivity index (χ1v) is 11.0. The van der Waals surface area contributed by atoms with E-state index in [9.17, 15) is 15.5 Å². The molecule has 0 spiro atoms. The maximum Gasteiger partial charge on any atom is 0.0809 e. The molecule has 0 bridgehead atoms. The van der Waals surface area contributed by atoms with Gasteiger partial charge in [0.25, 0.3) is 0 Å². The van der Waals surface area contributed by atoms with Crippen molar-refractivity contribution in [1.29, 1.82) is 5.26 Å². The molecule has 0 saturated heterocycles. The van der Waals surface area contributed by atoms with Crippen LogP contribution in [0.2, 0.25) is 0 Å². The maximum atomic E-state index is 10.5. The highest BCUT2D eigenvalue weighted by Gasteiger charge is 2.60. The van der Waals surface area contributed by atoms with Gasteiger partial charge in [0.05, 0.1) is 23.7 Å². The third-order valence-corrected chi connectivity index (χ3v) is 9.59. The lowest BCUT2D eigenvalue weighted by Gasteiger charge is -2.57. The lowest BCUT2D eigenvalue weighted by Crippen LogP contribution is -2.52. The Morgan fingerprint density at radius 2 is 1.73 bits per heavy atom. The summed E-state index contributed by atoms with van der Waals surface area (Å²) < 4.78 is 0. The highest BCUT2D eigenvalue weighted by atomic mass is 16.3. The van der Waals surface area contributed by atoms with Crippen molar-refractivity contribution in [3.63, 3.8) is 0 Å². The van der Waals surface area contributed by atoms with Gasteiger partial charge in [-0.1, -0.05) is 6.92 Å². The van der Waals surface area contributed by atoms with Gasteiger partial charge < -0.3 is 10.2 Å². The average Bonchev–Trinajstić information content (AvgIpc) is 2.97. The number of rotatable bonds is 2. The Morgan fingerprint density at radius 3 is 2.42 bits per heavy atom. The maximum absolute atomic E-state index is 10.5. The molecule has 0 amide bonds. The number of hydrogen-bond acceptors (Lipinski definition) is 3. The summed E-state index contributed by atoms with van der Waals surface area (Å²) in [6.07, 6.45) is 10.7.